The van der Waals surface area contributed by atoms with Crippen LogP contribution in [0.1, 0.15) is 15.9 Å². The Bertz CT molecular complexity index is 1360. The van der Waals surface area contributed by atoms with Crippen molar-refractivity contribution in [2.24, 2.45) is 0 Å². The largest absolute Gasteiger partial charge is 0.340 e. The van der Waals surface area contributed by atoms with Gasteiger partial charge in [-0.25, -0.2) is 9.97 Å². The van der Waals surface area contributed by atoms with E-state index in [2.05, 4.69) is 44.0 Å². The van der Waals surface area contributed by atoms with Gasteiger partial charge in [-0.1, -0.05) is 24.3 Å². The number of likely N-dealkylation sites (N-methyl/N-ethyl adjacent to an activating group) is 2. The lowest BCUT2D eigenvalue weighted by Crippen LogP contribution is -2.35. The molecule has 1 aliphatic rings. The maximum absolute atomic E-state index is 12.7. The van der Waals surface area contributed by atoms with Crippen molar-refractivity contribution in [3.8, 4) is 11.3 Å². The SMILES string of the molecule is CN(C)CCN(C)C(=O)c1ccc(-c2cnc3c(n2)N(Cc2ccc4ncccc4c2)NN3)cc1. The molecule has 0 aliphatic carbocycles. The van der Waals surface area contributed by atoms with Crippen LogP contribution in [0, 0.1) is 0 Å². The van der Waals surface area contributed by atoms with Crippen LogP contribution in [0.15, 0.2) is 67.0 Å². The summed E-state index contributed by atoms with van der Waals surface area (Å²) in [6.45, 7) is 2.10. The molecule has 0 atom stereocenters. The van der Waals surface area contributed by atoms with Crippen LogP contribution < -0.4 is 16.0 Å². The molecule has 1 aliphatic heterocycles. The Kier molecular flexibility index (Phi) is 6.26. The molecule has 0 saturated heterocycles. The molecule has 0 saturated carbocycles. The molecule has 3 heterocycles. The smallest absolute Gasteiger partial charge is 0.253 e. The molecule has 1 amide bonds. The van der Waals surface area contributed by atoms with E-state index in [1.165, 1.54) is 0 Å². The molecule has 178 valence electrons. The van der Waals surface area contributed by atoms with Crippen LogP contribution in [0.3, 0.4) is 0 Å². The number of amides is 1. The Morgan fingerprint density at radius 3 is 2.63 bits per heavy atom. The van der Waals surface area contributed by atoms with Gasteiger partial charge in [0.15, 0.2) is 11.6 Å². The van der Waals surface area contributed by atoms with E-state index in [0.717, 1.165) is 40.1 Å². The molecule has 2 aromatic carbocycles. The van der Waals surface area contributed by atoms with Crippen molar-refractivity contribution in [2.45, 2.75) is 6.54 Å². The number of benzene rings is 2. The topological polar surface area (TPSA) is 89.5 Å². The molecule has 0 unspecified atom stereocenters. The van der Waals surface area contributed by atoms with Gasteiger partial charge >= 0.3 is 0 Å². The number of hydrazine groups is 2. The van der Waals surface area contributed by atoms with E-state index in [1.54, 1.807) is 17.3 Å². The predicted octanol–water partition coefficient (Wildman–Crippen LogP) is 3.18. The molecule has 2 N–H and O–H groups in total. The van der Waals surface area contributed by atoms with Crippen LogP contribution in [0.25, 0.3) is 22.2 Å². The Labute approximate surface area is 204 Å². The van der Waals surface area contributed by atoms with Gasteiger partial charge in [-0.15, -0.1) is 5.53 Å². The molecular weight excluding hydrogens is 440 g/mol. The molecule has 4 aromatic rings. The quantitative estimate of drug-likeness (QED) is 0.428. The first-order valence-corrected chi connectivity index (χ1v) is 11.5. The number of anilines is 2. The average Bonchev–Trinajstić information content (AvgIpc) is 3.28. The van der Waals surface area contributed by atoms with E-state index in [0.29, 0.717) is 24.5 Å². The highest BCUT2D eigenvalue weighted by Crippen LogP contribution is 2.29. The minimum absolute atomic E-state index is 0.00333. The number of fused-ring (bicyclic) bond motifs is 2. The fourth-order valence-corrected chi connectivity index (χ4v) is 3.94. The number of carbonyl (C=O) groups excluding carboxylic acids is 1. The van der Waals surface area contributed by atoms with Gasteiger partial charge in [0, 0.05) is 42.8 Å². The number of pyridine rings is 1. The van der Waals surface area contributed by atoms with Gasteiger partial charge in [0.05, 0.1) is 24.0 Å². The number of aromatic nitrogens is 3. The highest BCUT2D eigenvalue weighted by Gasteiger charge is 2.23. The Hall–Kier alpha value is -4.08. The molecule has 2 aromatic heterocycles. The molecule has 5 rings (SSSR count). The molecule has 0 fully saturated rings. The molecule has 0 spiro atoms. The van der Waals surface area contributed by atoms with Gasteiger partial charge in [-0.2, -0.15) is 0 Å². The van der Waals surface area contributed by atoms with Gasteiger partial charge < -0.3 is 9.80 Å². The standard InChI is InChI=1S/C26H28N8O/c1-32(2)13-14-33(3)26(35)20-9-7-19(8-10-20)23-16-28-24-25(29-23)34(31-30-24)17-18-6-11-22-21(15-18)5-4-12-27-22/h4-12,15-16,31H,13-14,17H2,1-3H3,(H,28,30). The third-order valence-electron chi connectivity index (χ3n) is 5.98. The highest BCUT2D eigenvalue weighted by atomic mass is 16.2. The highest BCUT2D eigenvalue weighted by molar-refractivity contribution is 5.94. The van der Waals surface area contributed by atoms with Crippen molar-refractivity contribution in [3.05, 3.63) is 78.1 Å². The Morgan fingerprint density at radius 2 is 1.83 bits per heavy atom. The number of nitrogens with one attached hydrogen (secondary N) is 2. The van der Waals surface area contributed by atoms with E-state index in [9.17, 15) is 4.79 Å². The van der Waals surface area contributed by atoms with Crippen molar-refractivity contribution in [2.75, 3.05) is 44.7 Å². The van der Waals surface area contributed by atoms with Crippen LogP contribution in [0.2, 0.25) is 0 Å². The third kappa shape index (κ3) is 4.91. The summed E-state index contributed by atoms with van der Waals surface area (Å²) in [6, 6.07) is 17.7. The minimum atomic E-state index is 0.00333. The Morgan fingerprint density at radius 1 is 1.00 bits per heavy atom. The van der Waals surface area contributed by atoms with Crippen molar-refractivity contribution in [1.29, 1.82) is 0 Å². The summed E-state index contributed by atoms with van der Waals surface area (Å²) in [7, 11) is 5.82. The van der Waals surface area contributed by atoms with Crippen LogP contribution in [-0.2, 0) is 6.54 Å². The Balaban J connectivity index is 1.32. The van der Waals surface area contributed by atoms with Gasteiger partial charge in [0.1, 0.15) is 0 Å². The third-order valence-corrected chi connectivity index (χ3v) is 5.98. The fourth-order valence-electron chi connectivity index (χ4n) is 3.94. The lowest BCUT2D eigenvalue weighted by Gasteiger charge is -2.20. The zero-order valence-corrected chi connectivity index (χ0v) is 20.1. The summed E-state index contributed by atoms with van der Waals surface area (Å²) in [5, 5.41) is 3.03. The maximum atomic E-state index is 12.7. The first-order chi connectivity index (χ1) is 17.0. The van der Waals surface area contributed by atoms with E-state index in [-0.39, 0.29) is 5.91 Å². The number of hydrogen-bond acceptors (Lipinski definition) is 8. The van der Waals surface area contributed by atoms with Crippen LogP contribution in [0.5, 0.6) is 0 Å². The lowest BCUT2D eigenvalue weighted by atomic mass is 10.1. The number of hydrogen-bond donors (Lipinski definition) is 2. The molecule has 35 heavy (non-hydrogen) atoms. The van der Waals surface area contributed by atoms with Gasteiger partial charge in [0.25, 0.3) is 5.91 Å². The van der Waals surface area contributed by atoms with Crippen LogP contribution >= 0.6 is 0 Å². The van der Waals surface area contributed by atoms with Crippen LogP contribution in [-0.4, -0.2) is 64.9 Å². The fraction of sp³-hybridized carbons (Fsp3) is 0.231. The van der Waals surface area contributed by atoms with Crippen molar-refractivity contribution < 1.29 is 4.79 Å². The van der Waals surface area contributed by atoms with Gasteiger partial charge in [-0.3, -0.25) is 20.2 Å². The summed E-state index contributed by atoms with van der Waals surface area (Å²) in [5.74, 6) is 1.39. The van der Waals surface area contributed by atoms with E-state index >= 15 is 0 Å². The maximum Gasteiger partial charge on any atom is 0.253 e. The second-order valence-corrected chi connectivity index (χ2v) is 8.89. The molecule has 0 radical (unpaired) electrons. The lowest BCUT2D eigenvalue weighted by molar-refractivity contribution is 0.0786. The zero-order valence-electron chi connectivity index (χ0n) is 20.1. The van der Waals surface area contributed by atoms with Gasteiger partial charge in [-0.05, 0) is 50.0 Å². The number of nitrogens with zero attached hydrogens (tertiary/aromatic N) is 6. The predicted molar refractivity (Wildman–Crippen MR) is 138 cm³/mol. The summed E-state index contributed by atoms with van der Waals surface area (Å²) < 4.78 is 0. The van der Waals surface area contributed by atoms with Crippen molar-refractivity contribution >= 4 is 28.4 Å². The second-order valence-electron chi connectivity index (χ2n) is 8.89. The average molecular weight is 469 g/mol. The van der Waals surface area contributed by atoms with Crippen LogP contribution in [0.4, 0.5) is 11.6 Å². The monoisotopic (exact) mass is 468 g/mol. The summed E-state index contributed by atoms with van der Waals surface area (Å²) in [6.07, 6.45) is 3.53. The zero-order chi connectivity index (χ0) is 24.4. The molecule has 0 bridgehead atoms. The molecule has 9 nitrogen and oxygen atoms in total. The second kappa shape index (κ2) is 9.65. The summed E-state index contributed by atoms with van der Waals surface area (Å²) in [5.41, 5.74) is 10.6. The van der Waals surface area contributed by atoms with Gasteiger partial charge in [0.2, 0.25) is 0 Å². The number of carbonyl (C=O) groups is 1. The first kappa shape index (κ1) is 22.7. The number of rotatable bonds is 7. The van der Waals surface area contributed by atoms with Crippen molar-refractivity contribution in [3.63, 3.8) is 0 Å². The minimum Gasteiger partial charge on any atom is -0.340 e. The molecular formula is C26H28N8O. The van der Waals surface area contributed by atoms with E-state index < -0.39 is 0 Å². The normalized spacial score (nSPS) is 12.6. The first-order valence-electron chi connectivity index (χ1n) is 11.5. The van der Waals surface area contributed by atoms with E-state index in [1.807, 2.05) is 62.6 Å². The summed E-state index contributed by atoms with van der Waals surface area (Å²) in [4.78, 5) is 30.3. The van der Waals surface area contributed by atoms with E-state index in [4.69, 9.17) is 4.98 Å². The van der Waals surface area contributed by atoms with Crippen molar-refractivity contribution in [1.82, 2.24) is 30.3 Å². The molecule has 9 heteroatoms. The summed E-state index contributed by atoms with van der Waals surface area (Å²) >= 11 is 0.